The van der Waals surface area contributed by atoms with E-state index in [1.165, 1.54) is 110 Å². The van der Waals surface area contributed by atoms with E-state index in [0.29, 0.717) is 0 Å². The van der Waals surface area contributed by atoms with Crippen LogP contribution in [0.3, 0.4) is 0 Å². The third-order valence-electron chi connectivity index (χ3n) is 11.4. The van der Waals surface area contributed by atoms with Gasteiger partial charge < -0.3 is 9.13 Å². The zero-order chi connectivity index (χ0) is 33.9. The van der Waals surface area contributed by atoms with Crippen LogP contribution in [0.25, 0.3) is 110 Å². The number of nitrogens with zero attached hydrogens (tertiary/aromatic N) is 2. The molecule has 0 aliphatic carbocycles. The first-order chi connectivity index (χ1) is 25.8. The van der Waals surface area contributed by atoms with Crippen molar-refractivity contribution in [2.24, 2.45) is 0 Å². The number of aromatic nitrogens is 2. The lowest BCUT2D eigenvalue weighted by Crippen LogP contribution is -1.94. The molecule has 0 saturated heterocycles. The molecule has 2 aromatic heterocycles. The minimum atomic E-state index is 1.18. The smallest absolute Gasteiger partial charge is 0.0547 e. The number of fused-ring (bicyclic) bond motifs is 1. The Bertz CT molecular complexity index is 2960. The molecule has 10 aromatic carbocycles. The van der Waals surface area contributed by atoms with Crippen molar-refractivity contribution in [1.29, 1.82) is 0 Å². The SMILES string of the molecule is c1ccc2c(-c3ccc(-n4c5cccc6ccc7cccc4c7c65)cc3)ccc(-c3ccc(-n4c5cccc6ccc7cccc4c7c65)cc3)c2c1. The Morgan fingerprint density at radius 1 is 0.250 bits per heavy atom. The Hall–Kier alpha value is -6.90. The Labute approximate surface area is 299 Å². The number of benzene rings is 10. The highest BCUT2D eigenvalue weighted by Crippen LogP contribution is 2.42. The summed E-state index contributed by atoms with van der Waals surface area (Å²) in [5.74, 6) is 0. The number of hydrogen-bond acceptors (Lipinski definition) is 0. The average Bonchev–Trinajstić information content (AvgIpc) is 3.74. The first-order valence-corrected chi connectivity index (χ1v) is 18.0. The molecule has 240 valence electrons. The molecule has 2 heteroatoms. The van der Waals surface area contributed by atoms with Gasteiger partial charge in [-0.3, -0.25) is 0 Å². The summed E-state index contributed by atoms with van der Waals surface area (Å²) in [4.78, 5) is 0. The van der Waals surface area contributed by atoms with Gasteiger partial charge in [0, 0.05) is 32.9 Å². The summed E-state index contributed by atoms with van der Waals surface area (Å²) in [6.07, 6.45) is 0. The molecule has 0 N–H and O–H groups in total. The summed E-state index contributed by atoms with van der Waals surface area (Å²) >= 11 is 0. The van der Waals surface area contributed by atoms with Crippen LogP contribution in [0.4, 0.5) is 0 Å². The van der Waals surface area contributed by atoms with Gasteiger partial charge in [-0.1, -0.05) is 133 Å². The van der Waals surface area contributed by atoms with Crippen LogP contribution in [0.1, 0.15) is 0 Å². The van der Waals surface area contributed by atoms with E-state index in [2.05, 4.69) is 191 Å². The van der Waals surface area contributed by atoms with Gasteiger partial charge in [0.2, 0.25) is 0 Å². The zero-order valence-corrected chi connectivity index (χ0v) is 28.2. The Balaban J connectivity index is 0.949. The zero-order valence-electron chi connectivity index (χ0n) is 28.2. The van der Waals surface area contributed by atoms with E-state index >= 15 is 0 Å². The Morgan fingerprint density at radius 2 is 0.577 bits per heavy atom. The summed E-state index contributed by atoms with van der Waals surface area (Å²) in [6.45, 7) is 0. The second-order valence-corrected chi connectivity index (χ2v) is 14.1. The molecule has 0 radical (unpaired) electrons. The maximum absolute atomic E-state index is 2.42. The van der Waals surface area contributed by atoms with E-state index in [9.17, 15) is 0 Å². The lowest BCUT2D eigenvalue weighted by atomic mass is 9.92. The number of rotatable bonds is 4. The van der Waals surface area contributed by atoms with Gasteiger partial charge in [0.05, 0.1) is 22.1 Å². The summed E-state index contributed by atoms with van der Waals surface area (Å²) in [5.41, 5.74) is 12.3. The van der Waals surface area contributed by atoms with Crippen LogP contribution in [0.2, 0.25) is 0 Å². The molecule has 0 aliphatic rings. The highest BCUT2D eigenvalue weighted by Gasteiger charge is 2.18. The molecule has 12 aromatic rings. The molecular weight excluding hydrogens is 629 g/mol. The molecular formula is C50H30N2. The van der Waals surface area contributed by atoms with Crippen LogP contribution in [0, 0.1) is 0 Å². The van der Waals surface area contributed by atoms with Crippen molar-refractivity contribution in [1.82, 2.24) is 9.13 Å². The molecule has 0 bridgehead atoms. The summed E-state index contributed by atoms with van der Waals surface area (Å²) in [6, 6.07) is 67.2. The molecule has 0 fully saturated rings. The maximum Gasteiger partial charge on any atom is 0.0547 e. The van der Waals surface area contributed by atoms with Crippen molar-refractivity contribution in [3.8, 4) is 33.6 Å². The molecule has 12 rings (SSSR count). The second kappa shape index (κ2) is 10.3. The Morgan fingerprint density at radius 3 is 0.904 bits per heavy atom. The summed E-state index contributed by atoms with van der Waals surface area (Å²) in [7, 11) is 0. The van der Waals surface area contributed by atoms with Crippen molar-refractivity contribution in [2.75, 3.05) is 0 Å². The minimum Gasteiger partial charge on any atom is -0.309 e. The van der Waals surface area contributed by atoms with Crippen molar-refractivity contribution < 1.29 is 0 Å². The van der Waals surface area contributed by atoms with E-state index in [4.69, 9.17) is 0 Å². The second-order valence-electron chi connectivity index (χ2n) is 14.1. The molecule has 0 saturated carbocycles. The fourth-order valence-electron chi connectivity index (χ4n) is 9.18. The monoisotopic (exact) mass is 658 g/mol. The van der Waals surface area contributed by atoms with Crippen molar-refractivity contribution in [2.45, 2.75) is 0 Å². The standard InChI is InChI=1S/C50H30N2/c1-2-12-42-40(32-23-27-38(28-24-32)52-45-15-5-9-35-19-20-36-10-6-16-46(52)50(36)49(35)45)30-29-39(41(42)11-1)31-21-25-37(26-22-31)51-43-13-3-7-33-17-18-34-8-4-14-44(51)48(34)47(33)43/h1-30H. The normalized spacial score (nSPS) is 12.2. The van der Waals surface area contributed by atoms with Crippen LogP contribution in [-0.4, -0.2) is 9.13 Å². The lowest BCUT2D eigenvalue weighted by Gasteiger charge is -2.14. The summed E-state index contributed by atoms with van der Waals surface area (Å²) < 4.78 is 4.84. The first kappa shape index (κ1) is 27.9. The van der Waals surface area contributed by atoms with E-state index in [0.717, 1.165) is 0 Å². The third-order valence-corrected chi connectivity index (χ3v) is 11.4. The van der Waals surface area contributed by atoms with Gasteiger partial charge in [-0.2, -0.15) is 0 Å². The fraction of sp³-hybridized carbons (Fsp3) is 0. The molecule has 52 heavy (non-hydrogen) atoms. The summed E-state index contributed by atoms with van der Waals surface area (Å²) in [5, 5.41) is 13.0. The maximum atomic E-state index is 2.42. The van der Waals surface area contributed by atoms with E-state index in [1.807, 2.05) is 0 Å². The first-order valence-electron chi connectivity index (χ1n) is 18.0. The Kier molecular flexibility index (Phi) is 5.53. The third kappa shape index (κ3) is 3.73. The van der Waals surface area contributed by atoms with E-state index < -0.39 is 0 Å². The van der Waals surface area contributed by atoms with Crippen molar-refractivity contribution in [3.63, 3.8) is 0 Å². The van der Waals surface area contributed by atoms with Crippen molar-refractivity contribution >= 4 is 75.9 Å². The van der Waals surface area contributed by atoms with Crippen molar-refractivity contribution in [3.05, 3.63) is 182 Å². The van der Waals surface area contributed by atoms with E-state index in [1.54, 1.807) is 0 Å². The predicted molar refractivity (Wildman–Crippen MR) is 221 cm³/mol. The quantitative estimate of drug-likeness (QED) is 0.167. The molecule has 0 aliphatic heterocycles. The molecule has 2 heterocycles. The van der Waals surface area contributed by atoms with Gasteiger partial charge in [-0.15, -0.1) is 0 Å². The number of hydrogen-bond donors (Lipinski definition) is 0. The van der Waals surface area contributed by atoms with Crippen LogP contribution < -0.4 is 0 Å². The topological polar surface area (TPSA) is 9.86 Å². The van der Waals surface area contributed by atoms with Gasteiger partial charge in [0.1, 0.15) is 0 Å². The molecule has 0 unspecified atom stereocenters. The molecule has 0 spiro atoms. The minimum absolute atomic E-state index is 1.18. The molecule has 0 atom stereocenters. The van der Waals surface area contributed by atoms with Gasteiger partial charge >= 0.3 is 0 Å². The molecule has 2 nitrogen and oxygen atoms in total. The van der Waals surface area contributed by atoms with Gasteiger partial charge in [0.25, 0.3) is 0 Å². The van der Waals surface area contributed by atoms with E-state index in [-0.39, 0.29) is 0 Å². The van der Waals surface area contributed by atoms with Gasteiger partial charge in [-0.05, 0) is 103 Å². The molecule has 0 amide bonds. The van der Waals surface area contributed by atoms with Crippen LogP contribution >= 0.6 is 0 Å². The van der Waals surface area contributed by atoms with Gasteiger partial charge in [0.15, 0.2) is 0 Å². The van der Waals surface area contributed by atoms with Crippen LogP contribution in [0.5, 0.6) is 0 Å². The van der Waals surface area contributed by atoms with Crippen LogP contribution in [0.15, 0.2) is 182 Å². The predicted octanol–water partition coefficient (Wildman–Crippen LogP) is 13.5. The van der Waals surface area contributed by atoms with Gasteiger partial charge in [-0.25, -0.2) is 0 Å². The largest absolute Gasteiger partial charge is 0.309 e. The average molecular weight is 659 g/mol. The lowest BCUT2D eigenvalue weighted by molar-refractivity contribution is 1.18. The fourth-order valence-corrected chi connectivity index (χ4v) is 9.18. The highest BCUT2D eigenvalue weighted by atomic mass is 15.0. The van der Waals surface area contributed by atoms with Crippen LogP contribution in [-0.2, 0) is 0 Å². The highest BCUT2D eigenvalue weighted by molar-refractivity contribution is 6.25.